The standard InChI is InChI=1S/C16H11F3N4O3S/c1-9-15(20-22-23(9)14-7-4-11(18)8-13(14)19)16(24)21-27(25,26)12-5-2-10(17)3-6-12/h2-8H,1H3,(H,21,24). The Kier molecular flexibility index (Phi) is 4.70. The van der Waals surface area contributed by atoms with Crippen molar-refractivity contribution in [2.45, 2.75) is 11.8 Å². The second kappa shape index (κ2) is 6.83. The molecule has 1 N–H and O–H groups in total. The lowest BCUT2D eigenvalue weighted by Gasteiger charge is -2.07. The lowest BCUT2D eigenvalue weighted by atomic mass is 10.2. The fraction of sp³-hybridized carbons (Fsp3) is 0.0625. The maximum absolute atomic E-state index is 13.9. The number of sulfonamides is 1. The predicted molar refractivity (Wildman–Crippen MR) is 87.1 cm³/mol. The van der Waals surface area contributed by atoms with Crippen LogP contribution in [0.2, 0.25) is 0 Å². The molecule has 1 heterocycles. The first-order valence-corrected chi connectivity index (χ1v) is 8.88. The first kappa shape index (κ1) is 18.6. The Labute approximate surface area is 151 Å². The molecular formula is C16H11F3N4O3S. The van der Waals surface area contributed by atoms with Crippen LogP contribution >= 0.6 is 0 Å². The van der Waals surface area contributed by atoms with Crippen molar-refractivity contribution >= 4 is 15.9 Å². The number of amides is 1. The van der Waals surface area contributed by atoms with Gasteiger partial charge in [-0.05, 0) is 43.3 Å². The highest BCUT2D eigenvalue weighted by Crippen LogP contribution is 2.17. The van der Waals surface area contributed by atoms with E-state index < -0.39 is 33.4 Å². The van der Waals surface area contributed by atoms with Crippen LogP contribution in [0.15, 0.2) is 47.4 Å². The van der Waals surface area contributed by atoms with Gasteiger partial charge in [-0.3, -0.25) is 4.79 Å². The number of halogens is 3. The molecule has 0 spiro atoms. The quantitative estimate of drug-likeness (QED) is 0.729. The molecule has 27 heavy (non-hydrogen) atoms. The first-order chi connectivity index (χ1) is 12.7. The van der Waals surface area contributed by atoms with E-state index in [0.717, 1.165) is 41.1 Å². The van der Waals surface area contributed by atoms with Crippen LogP contribution in [-0.4, -0.2) is 29.3 Å². The van der Waals surface area contributed by atoms with E-state index in [1.807, 2.05) is 0 Å². The third-order valence-corrected chi connectivity index (χ3v) is 4.95. The van der Waals surface area contributed by atoms with Crippen molar-refractivity contribution < 1.29 is 26.4 Å². The Balaban J connectivity index is 1.90. The molecule has 140 valence electrons. The van der Waals surface area contributed by atoms with Gasteiger partial charge in [0, 0.05) is 6.07 Å². The Bertz CT molecular complexity index is 1130. The summed E-state index contributed by atoms with van der Waals surface area (Å²) in [5.41, 5.74) is -0.501. The van der Waals surface area contributed by atoms with Crippen LogP contribution in [0.5, 0.6) is 0 Å². The van der Waals surface area contributed by atoms with E-state index in [1.54, 1.807) is 4.72 Å². The van der Waals surface area contributed by atoms with Crippen molar-refractivity contribution in [2.75, 3.05) is 0 Å². The van der Waals surface area contributed by atoms with Gasteiger partial charge in [-0.1, -0.05) is 5.21 Å². The van der Waals surface area contributed by atoms with Gasteiger partial charge in [-0.25, -0.2) is 31.0 Å². The molecular weight excluding hydrogens is 385 g/mol. The molecule has 3 rings (SSSR count). The maximum atomic E-state index is 13.9. The Morgan fingerprint density at radius 2 is 1.67 bits per heavy atom. The van der Waals surface area contributed by atoms with Gasteiger partial charge in [0.05, 0.1) is 10.6 Å². The van der Waals surface area contributed by atoms with Crippen molar-refractivity contribution in [2.24, 2.45) is 0 Å². The predicted octanol–water partition coefficient (Wildman–Crippen LogP) is 2.11. The summed E-state index contributed by atoms with van der Waals surface area (Å²) in [5.74, 6) is -3.47. The van der Waals surface area contributed by atoms with Crippen LogP contribution in [0.1, 0.15) is 16.2 Å². The highest BCUT2D eigenvalue weighted by Gasteiger charge is 2.24. The number of hydrogen-bond acceptors (Lipinski definition) is 5. The third-order valence-electron chi connectivity index (χ3n) is 3.60. The summed E-state index contributed by atoms with van der Waals surface area (Å²) in [7, 11) is -4.28. The molecule has 0 atom stereocenters. The van der Waals surface area contributed by atoms with Crippen LogP contribution in [0.4, 0.5) is 13.2 Å². The van der Waals surface area contributed by atoms with E-state index in [9.17, 15) is 26.4 Å². The lowest BCUT2D eigenvalue weighted by molar-refractivity contribution is 0.0976. The molecule has 0 aliphatic carbocycles. The summed E-state index contributed by atoms with van der Waals surface area (Å²) in [5, 5.41) is 7.17. The SMILES string of the molecule is Cc1c(C(=O)NS(=O)(=O)c2ccc(F)cc2)nnn1-c1ccc(F)cc1F. The van der Waals surface area contributed by atoms with E-state index in [1.165, 1.54) is 6.92 Å². The summed E-state index contributed by atoms with van der Waals surface area (Å²) in [6.45, 7) is 1.36. The summed E-state index contributed by atoms with van der Waals surface area (Å²) >= 11 is 0. The summed E-state index contributed by atoms with van der Waals surface area (Å²) in [4.78, 5) is 11.9. The number of aromatic nitrogens is 3. The Hall–Kier alpha value is -3.21. The van der Waals surface area contributed by atoms with E-state index in [0.29, 0.717) is 6.07 Å². The number of benzene rings is 2. The van der Waals surface area contributed by atoms with E-state index in [4.69, 9.17) is 0 Å². The number of carbonyl (C=O) groups is 1. The largest absolute Gasteiger partial charge is 0.287 e. The number of nitrogens with zero attached hydrogens (tertiary/aromatic N) is 3. The normalized spacial score (nSPS) is 11.4. The molecule has 0 aliphatic rings. The summed E-state index contributed by atoms with van der Waals surface area (Å²) < 4.78 is 67.0. The van der Waals surface area contributed by atoms with E-state index >= 15 is 0 Å². The Morgan fingerprint density at radius 3 is 2.30 bits per heavy atom. The molecule has 7 nitrogen and oxygen atoms in total. The van der Waals surface area contributed by atoms with Gasteiger partial charge < -0.3 is 0 Å². The second-order valence-electron chi connectivity index (χ2n) is 5.42. The molecule has 2 aromatic carbocycles. The van der Waals surface area contributed by atoms with E-state index in [2.05, 4.69) is 10.3 Å². The molecule has 0 radical (unpaired) electrons. The highest BCUT2D eigenvalue weighted by molar-refractivity contribution is 7.90. The second-order valence-corrected chi connectivity index (χ2v) is 7.10. The summed E-state index contributed by atoms with van der Waals surface area (Å²) in [6, 6.07) is 6.57. The number of nitrogens with one attached hydrogen (secondary N) is 1. The zero-order chi connectivity index (χ0) is 19.8. The van der Waals surface area contributed by atoms with Gasteiger partial charge in [0.1, 0.15) is 17.3 Å². The van der Waals surface area contributed by atoms with Gasteiger partial charge in [0.25, 0.3) is 15.9 Å². The number of hydrogen-bond donors (Lipinski definition) is 1. The monoisotopic (exact) mass is 396 g/mol. The number of rotatable bonds is 4. The van der Waals surface area contributed by atoms with Crippen LogP contribution in [0.25, 0.3) is 5.69 Å². The van der Waals surface area contributed by atoms with Crippen LogP contribution in [0.3, 0.4) is 0 Å². The number of carbonyl (C=O) groups excluding carboxylic acids is 1. The van der Waals surface area contributed by atoms with Crippen molar-refractivity contribution in [1.29, 1.82) is 0 Å². The van der Waals surface area contributed by atoms with Crippen LogP contribution < -0.4 is 4.72 Å². The van der Waals surface area contributed by atoms with Crippen molar-refractivity contribution in [3.05, 3.63) is 71.3 Å². The molecule has 0 aliphatic heterocycles. The highest BCUT2D eigenvalue weighted by atomic mass is 32.2. The van der Waals surface area contributed by atoms with Crippen molar-refractivity contribution in [1.82, 2.24) is 19.7 Å². The van der Waals surface area contributed by atoms with Gasteiger partial charge in [-0.2, -0.15) is 0 Å². The zero-order valence-corrected chi connectivity index (χ0v) is 14.5. The third kappa shape index (κ3) is 3.67. The molecule has 0 bridgehead atoms. The molecule has 0 saturated carbocycles. The minimum Gasteiger partial charge on any atom is -0.266 e. The molecule has 3 aromatic rings. The maximum Gasteiger partial charge on any atom is 0.287 e. The fourth-order valence-corrected chi connectivity index (χ4v) is 3.22. The first-order valence-electron chi connectivity index (χ1n) is 7.39. The van der Waals surface area contributed by atoms with Gasteiger partial charge >= 0.3 is 0 Å². The van der Waals surface area contributed by atoms with Gasteiger partial charge in [-0.15, -0.1) is 5.10 Å². The molecule has 11 heteroatoms. The molecule has 1 amide bonds. The zero-order valence-electron chi connectivity index (χ0n) is 13.6. The smallest absolute Gasteiger partial charge is 0.266 e. The van der Waals surface area contributed by atoms with Crippen LogP contribution in [0, 0.1) is 24.4 Å². The minimum absolute atomic E-state index is 0.0346. The van der Waals surface area contributed by atoms with E-state index in [-0.39, 0.29) is 22.0 Å². The molecule has 0 unspecified atom stereocenters. The van der Waals surface area contributed by atoms with Crippen molar-refractivity contribution in [3.63, 3.8) is 0 Å². The topological polar surface area (TPSA) is 93.9 Å². The van der Waals surface area contributed by atoms with Crippen LogP contribution in [-0.2, 0) is 10.0 Å². The van der Waals surface area contributed by atoms with Crippen molar-refractivity contribution in [3.8, 4) is 5.69 Å². The molecule has 1 aromatic heterocycles. The molecule has 0 fully saturated rings. The minimum atomic E-state index is -4.28. The average molecular weight is 396 g/mol. The molecule has 0 saturated heterocycles. The fourth-order valence-electron chi connectivity index (χ4n) is 2.26. The van der Waals surface area contributed by atoms with Gasteiger partial charge in [0.15, 0.2) is 11.5 Å². The lowest BCUT2D eigenvalue weighted by Crippen LogP contribution is -2.31. The Morgan fingerprint density at radius 1 is 1.04 bits per heavy atom. The van der Waals surface area contributed by atoms with Gasteiger partial charge in [0.2, 0.25) is 0 Å². The average Bonchev–Trinajstić information content (AvgIpc) is 2.96. The summed E-state index contributed by atoms with van der Waals surface area (Å²) in [6.07, 6.45) is 0.